The molecule has 0 bridgehead atoms. The van der Waals surface area contributed by atoms with Crippen LogP contribution in [0.25, 0.3) is 21.9 Å². The van der Waals surface area contributed by atoms with Gasteiger partial charge in [0, 0.05) is 17.0 Å². The van der Waals surface area contributed by atoms with E-state index in [1.165, 1.54) is 12.3 Å². The summed E-state index contributed by atoms with van der Waals surface area (Å²) in [5.74, 6) is -1.07. The van der Waals surface area contributed by atoms with Crippen LogP contribution < -0.4 is 0 Å². The van der Waals surface area contributed by atoms with E-state index < -0.39 is 5.97 Å². The largest absolute Gasteiger partial charge is 0.477 e. The van der Waals surface area contributed by atoms with E-state index in [1.807, 2.05) is 0 Å². The average molecular weight is 280 g/mol. The lowest BCUT2D eigenvalue weighted by atomic mass is 10.2. The number of carboxylic acid groups (broad SMARTS) is 1. The fourth-order valence-corrected chi connectivity index (χ4v) is 2.58. The summed E-state index contributed by atoms with van der Waals surface area (Å²) in [7, 11) is 2.52. The van der Waals surface area contributed by atoms with Crippen molar-refractivity contribution in [2.24, 2.45) is 0 Å². The molecule has 90 valence electrons. The smallest absolute Gasteiger partial charge is 0.354 e. The molecule has 0 radical (unpaired) electrons. The van der Waals surface area contributed by atoms with Crippen LogP contribution in [0.3, 0.4) is 0 Å². The first-order chi connectivity index (χ1) is 8.59. The second-order valence-electron chi connectivity index (χ2n) is 3.75. The number of aromatic carboxylic acids is 1. The first kappa shape index (κ1) is 11.4. The molecule has 0 saturated heterocycles. The first-order valence-corrected chi connectivity index (χ1v) is 5.92. The number of hydrogen-bond acceptors (Lipinski definition) is 3. The zero-order valence-electron chi connectivity index (χ0n) is 8.96. The van der Waals surface area contributed by atoms with E-state index in [0.29, 0.717) is 10.7 Å². The third-order valence-electron chi connectivity index (χ3n) is 2.74. The number of fused-ring (bicyclic) bond motifs is 3. The molecule has 3 heterocycles. The minimum absolute atomic E-state index is 0.0140. The molecule has 3 aromatic rings. The van der Waals surface area contributed by atoms with Crippen LogP contribution in [0.15, 0.2) is 24.5 Å². The number of pyridine rings is 2. The Labute approximate surface area is 109 Å². The van der Waals surface area contributed by atoms with Crippen molar-refractivity contribution in [3.8, 4) is 0 Å². The predicted molar refractivity (Wildman–Crippen MR) is 72.1 cm³/mol. The average Bonchev–Trinajstić information content (AvgIpc) is 2.64. The molecular weight excluding hydrogens is 273 g/mol. The van der Waals surface area contributed by atoms with Crippen LogP contribution in [-0.2, 0) is 0 Å². The Morgan fingerprint density at radius 2 is 2.22 bits per heavy atom. The van der Waals surface area contributed by atoms with Gasteiger partial charge < -0.3 is 9.44 Å². The lowest BCUT2D eigenvalue weighted by Gasteiger charge is -1.96. The summed E-state index contributed by atoms with van der Waals surface area (Å²) in [6.45, 7) is 0. The van der Waals surface area contributed by atoms with Gasteiger partial charge in [-0.25, -0.2) is 14.8 Å². The van der Waals surface area contributed by atoms with Gasteiger partial charge in [-0.15, -0.1) is 0 Å². The zero-order valence-corrected chi connectivity index (χ0v) is 10.9. The molecule has 0 aliphatic heterocycles. The molecule has 1 N–H and O–H groups in total. The van der Waals surface area contributed by atoms with Crippen molar-refractivity contribution in [2.45, 2.75) is 0 Å². The Kier molecular flexibility index (Phi) is 2.47. The molecule has 1 unspecified atom stereocenters. The van der Waals surface area contributed by atoms with Crippen LogP contribution in [0.4, 0.5) is 0 Å². The highest BCUT2D eigenvalue weighted by Gasteiger charge is 2.15. The lowest BCUT2D eigenvalue weighted by Crippen LogP contribution is -1.99. The Hall–Kier alpha value is -1.71. The van der Waals surface area contributed by atoms with Crippen molar-refractivity contribution >= 4 is 48.9 Å². The van der Waals surface area contributed by atoms with Crippen molar-refractivity contribution in [2.75, 3.05) is 0 Å². The number of hydrogen-bond donors (Lipinski definition) is 1. The van der Waals surface area contributed by atoms with E-state index >= 15 is 0 Å². The molecule has 7 heteroatoms. The second kappa shape index (κ2) is 3.90. The van der Waals surface area contributed by atoms with Gasteiger partial charge in [0.25, 0.3) is 0 Å². The highest BCUT2D eigenvalue weighted by molar-refractivity contribution is 7.15. The SMILES string of the molecule is O=C(O)c1cc2c3c(Cl)ccnc3n(P)c2cn1. The standard InChI is InChI=1S/C11H7ClN3O2P/c12-6-1-2-13-10-9(6)5-3-7(11(16)17)14-4-8(5)15(10)18/h1-4H,18H2,(H,16,17). The fraction of sp³-hybridized carbons (Fsp3) is 0. The van der Waals surface area contributed by atoms with E-state index in [-0.39, 0.29) is 5.69 Å². The van der Waals surface area contributed by atoms with Gasteiger partial charge in [-0.2, -0.15) is 0 Å². The van der Waals surface area contributed by atoms with E-state index in [4.69, 9.17) is 16.7 Å². The van der Waals surface area contributed by atoms with Gasteiger partial charge in [-0.05, 0) is 21.5 Å². The highest BCUT2D eigenvalue weighted by atomic mass is 35.5. The molecule has 3 aromatic heterocycles. The van der Waals surface area contributed by atoms with Crippen LogP contribution in [0.2, 0.25) is 5.02 Å². The third-order valence-corrected chi connectivity index (χ3v) is 3.58. The summed E-state index contributed by atoms with van der Waals surface area (Å²) in [4.78, 5) is 19.1. The number of halogens is 1. The van der Waals surface area contributed by atoms with Gasteiger partial charge in [0.2, 0.25) is 0 Å². The van der Waals surface area contributed by atoms with E-state index in [2.05, 4.69) is 19.4 Å². The molecule has 0 amide bonds. The Bertz CT molecular complexity index is 800. The van der Waals surface area contributed by atoms with Crippen LogP contribution in [0, 0.1) is 0 Å². The minimum atomic E-state index is -1.07. The van der Waals surface area contributed by atoms with Crippen LogP contribution in [0.5, 0.6) is 0 Å². The van der Waals surface area contributed by atoms with Crippen LogP contribution in [0.1, 0.15) is 10.5 Å². The molecule has 5 nitrogen and oxygen atoms in total. The van der Waals surface area contributed by atoms with Crippen LogP contribution >= 0.6 is 21.0 Å². The van der Waals surface area contributed by atoms with Gasteiger partial charge in [-0.1, -0.05) is 11.6 Å². The van der Waals surface area contributed by atoms with E-state index in [1.54, 1.807) is 16.6 Å². The van der Waals surface area contributed by atoms with Crippen LogP contribution in [-0.4, -0.2) is 25.4 Å². The molecule has 0 spiro atoms. The predicted octanol–water partition coefficient (Wildman–Crippen LogP) is 2.57. The van der Waals surface area contributed by atoms with Crippen molar-refractivity contribution in [3.63, 3.8) is 0 Å². The van der Waals surface area contributed by atoms with E-state index in [9.17, 15) is 4.79 Å². The summed E-state index contributed by atoms with van der Waals surface area (Å²) < 4.78 is 1.76. The third kappa shape index (κ3) is 1.48. The molecule has 0 aromatic carbocycles. The molecule has 0 fully saturated rings. The Morgan fingerprint density at radius 1 is 1.44 bits per heavy atom. The van der Waals surface area contributed by atoms with Crippen molar-refractivity contribution in [3.05, 3.63) is 35.2 Å². The number of carboxylic acids is 1. The molecule has 0 aliphatic rings. The van der Waals surface area contributed by atoms with Crippen molar-refractivity contribution in [1.29, 1.82) is 0 Å². The summed E-state index contributed by atoms with van der Waals surface area (Å²) >= 11 is 6.15. The van der Waals surface area contributed by atoms with Gasteiger partial charge in [0.1, 0.15) is 11.3 Å². The number of carbonyl (C=O) groups is 1. The van der Waals surface area contributed by atoms with Crippen molar-refractivity contribution < 1.29 is 9.90 Å². The van der Waals surface area contributed by atoms with Gasteiger partial charge in [0.15, 0.2) is 0 Å². The number of nitrogens with zero attached hydrogens (tertiary/aromatic N) is 3. The van der Waals surface area contributed by atoms with Gasteiger partial charge in [-0.3, -0.25) is 0 Å². The Morgan fingerprint density at radius 3 is 2.94 bits per heavy atom. The highest BCUT2D eigenvalue weighted by Crippen LogP contribution is 2.33. The van der Waals surface area contributed by atoms with E-state index in [0.717, 1.165) is 16.3 Å². The van der Waals surface area contributed by atoms with Gasteiger partial charge >= 0.3 is 5.97 Å². The summed E-state index contributed by atoms with van der Waals surface area (Å²) in [6, 6.07) is 3.18. The molecule has 1 atom stereocenters. The molecule has 18 heavy (non-hydrogen) atoms. The number of aromatic nitrogens is 3. The monoisotopic (exact) mass is 279 g/mol. The Balaban J connectivity index is 2.54. The fourth-order valence-electron chi connectivity index (χ4n) is 1.93. The molecule has 3 rings (SSSR count). The normalized spacial score (nSPS) is 11.2. The molecule has 0 saturated carbocycles. The minimum Gasteiger partial charge on any atom is -0.477 e. The second-order valence-corrected chi connectivity index (χ2v) is 4.68. The molecule has 0 aliphatic carbocycles. The van der Waals surface area contributed by atoms with Crippen molar-refractivity contribution in [1.82, 2.24) is 14.3 Å². The summed E-state index contributed by atoms with van der Waals surface area (Å²) in [5, 5.41) is 11.0. The lowest BCUT2D eigenvalue weighted by molar-refractivity contribution is 0.0691. The number of rotatable bonds is 1. The summed E-state index contributed by atoms with van der Waals surface area (Å²) in [5.41, 5.74) is 1.42. The maximum Gasteiger partial charge on any atom is 0.354 e. The van der Waals surface area contributed by atoms with Gasteiger partial charge in [0.05, 0.1) is 16.7 Å². The topological polar surface area (TPSA) is 68.0 Å². The summed E-state index contributed by atoms with van der Waals surface area (Å²) in [6.07, 6.45) is 3.11. The first-order valence-electron chi connectivity index (χ1n) is 5.02. The zero-order chi connectivity index (χ0) is 12.9. The molecular formula is C11H7ClN3O2P. The maximum absolute atomic E-state index is 10.9. The quantitative estimate of drug-likeness (QED) is 0.695. The maximum atomic E-state index is 10.9.